The molecule has 3 atom stereocenters. The third kappa shape index (κ3) is 27.1. The van der Waals surface area contributed by atoms with Crippen molar-refractivity contribution in [3.05, 3.63) is 296 Å². The molecule has 1 fully saturated rings. The van der Waals surface area contributed by atoms with E-state index in [1.807, 2.05) is 214 Å². The molecule has 674 valence electrons. The van der Waals surface area contributed by atoms with Crippen molar-refractivity contribution >= 4 is 95.6 Å². The summed E-state index contributed by atoms with van der Waals surface area (Å²) < 4.78 is 35.8. The number of carbonyl (C=O) groups is 3. The number of H-pyrrole nitrogens is 2. The molecule has 1 saturated heterocycles. The minimum Gasteiger partial charge on any atom is -1.00 e. The number of aliphatic hydroxyl groups is 1. The minimum atomic E-state index is -0.635. The Hall–Kier alpha value is -12.8. The molecule has 6 N–H and O–H groups in total. The first-order chi connectivity index (χ1) is 59.1. The zero-order chi connectivity index (χ0) is 86.5. The van der Waals surface area contributed by atoms with Gasteiger partial charge in [-0.2, -0.15) is 44.2 Å². The number of aromatic amines is 2. The zero-order valence-electron chi connectivity index (χ0n) is 72.2. The number of ether oxygens (including phenoxy) is 6. The normalized spacial score (nSPS) is 12.3. The van der Waals surface area contributed by atoms with Crippen LogP contribution < -0.4 is 42.2 Å². The summed E-state index contributed by atoms with van der Waals surface area (Å²) in [4.78, 5) is 53.2. The molecular formula is C106H121BrMgN12O10. The van der Waals surface area contributed by atoms with Crippen LogP contribution in [-0.2, 0) is 20.6 Å². The molecule has 24 heteroatoms. The number of amides is 2. The van der Waals surface area contributed by atoms with E-state index in [1.54, 1.807) is 44.3 Å². The van der Waals surface area contributed by atoms with Gasteiger partial charge in [0.15, 0.2) is 0 Å². The Kier molecular flexibility index (Phi) is 37.2. The van der Waals surface area contributed by atoms with Gasteiger partial charge in [-0.1, -0.05) is 207 Å². The molecule has 22 nitrogen and oxygen atoms in total. The average molecular weight is 1830 g/mol. The fourth-order valence-corrected chi connectivity index (χ4v) is 14.1. The van der Waals surface area contributed by atoms with Gasteiger partial charge in [0.05, 0.1) is 76.6 Å². The molecular weight excluding hydrogens is 1710 g/mol. The van der Waals surface area contributed by atoms with E-state index in [9.17, 15) is 19.5 Å². The van der Waals surface area contributed by atoms with Crippen LogP contribution in [-0.4, -0.2) is 164 Å². The SMILES string of the molecule is C.C.C.C.C.Cc1[nH]nc2ccc(-c3cc(OC[C@@H](N)Cc4ccc5ccccc5c4)cnc3-c3ccccc3)cc12.Cc1[nH]nc2ccc(-c3cc(OC[C@H](CO)NC(=O)OC(C)(C)C)cnc3-c3ccccc3)cc12.Cc1nn(C(=O)OC(C)(C)C)c2ccc(-c3cc(OC[C@@H]4CN4C(=O)OC(C)(C)C)cnc3-c3ccccc3)cc12.[Br-].[Mg+2].[c-]1ccc2ccccc2c1. The van der Waals surface area contributed by atoms with E-state index in [-0.39, 0.29) is 109 Å². The number of halogens is 1. The maximum Gasteiger partial charge on any atom is 2.00 e. The number of alkyl carbamates (subject to hydrolysis) is 1. The molecule has 1 aliphatic heterocycles. The predicted octanol–water partition coefficient (Wildman–Crippen LogP) is 20.9. The zero-order valence-corrected chi connectivity index (χ0v) is 75.2. The summed E-state index contributed by atoms with van der Waals surface area (Å²) in [7, 11) is 0. The second kappa shape index (κ2) is 46.4. The molecule has 16 aromatic rings. The molecule has 0 saturated carbocycles. The Labute approximate surface area is 791 Å². The van der Waals surface area contributed by atoms with E-state index >= 15 is 0 Å². The topological polar surface area (TPSA) is 282 Å². The number of nitrogens with zero attached hydrogens (tertiary/aromatic N) is 8. The number of aromatic nitrogens is 9. The molecule has 0 radical (unpaired) electrons. The summed E-state index contributed by atoms with van der Waals surface area (Å²) >= 11 is 0. The summed E-state index contributed by atoms with van der Waals surface area (Å²) in [5, 5.41) is 39.6. The Morgan fingerprint density at radius 1 is 0.492 bits per heavy atom. The van der Waals surface area contributed by atoms with Gasteiger partial charge in [-0.05, 0) is 177 Å². The molecule has 0 unspecified atom stereocenters. The number of fused-ring (bicyclic) bond motifs is 5. The summed E-state index contributed by atoms with van der Waals surface area (Å²) in [6.45, 7) is 23.4. The van der Waals surface area contributed by atoms with E-state index in [0.717, 1.165) is 112 Å². The Morgan fingerprint density at radius 3 is 1.40 bits per heavy atom. The molecule has 2 amide bonds. The molecule has 0 aliphatic carbocycles. The van der Waals surface area contributed by atoms with Crippen LogP contribution in [0.2, 0.25) is 0 Å². The van der Waals surface area contributed by atoms with Gasteiger partial charge in [0.25, 0.3) is 0 Å². The summed E-state index contributed by atoms with van der Waals surface area (Å²) in [5.41, 5.74) is 22.4. The van der Waals surface area contributed by atoms with Gasteiger partial charge in [-0.3, -0.25) is 30.0 Å². The number of aryl methyl sites for hydroxylation is 3. The van der Waals surface area contributed by atoms with Gasteiger partial charge in [-0.25, -0.2) is 14.4 Å². The summed E-state index contributed by atoms with van der Waals surface area (Å²) in [6.07, 6.45) is 4.42. The van der Waals surface area contributed by atoms with Gasteiger partial charge in [-0.15, -0.1) is 16.8 Å². The number of hydrogen-bond acceptors (Lipinski definition) is 17. The van der Waals surface area contributed by atoms with Gasteiger partial charge in [0.2, 0.25) is 0 Å². The van der Waals surface area contributed by atoms with Crippen LogP contribution in [0.1, 0.15) is 122 Å². The van der Waals surface area contributed by atoms with Gasteiger partial charge in [0.1, 0.15) is 53.9 Å². The molecule has 6 aromatic heterocycles. The predicted molar refractivity (Wildman–Crippen MR) is 525 cm³/mol. The van der Waals surface area contributed by atoms with Crippen molar-refractivity contribution in [3.8, 4) is 84.4 Å². The van der Waals surface area contributed by atoms with Crippen molar-refractivity contribution in [2.45, 2.75) is 162 Å². The summed E-state index contributed by atoms with van der Waals surface area (Å²) in [5.74, 6) is 1.82. The van der Waals surface area contributed by atoms with E-state index < -0.39 is 35.0 Å². The van der Waals surface area contributed by atoms with Crippen molar-refractivity contribution in [3.63, 3.8) is 0 Å². The van der Waals surface area contributed by atoms with Crippen molar-refractivity contribution in [1.29, 1.82) is 0 Å². The van der Waals surface area contributed by atoms with E-state index in [2.05, 4.69) is 134 Å². The van der Waals surface area contributed by atoms with Crippen LogP contribution in [0.25, 0.3) is 121 Å². The van der Waals surface area contributed by atoms with Crippen molar-refractivity contribution in [2.24, 2.45) is 5.73 Å². The average Bonchev–Trinajstić information content (AvgIpc) is 1.70. The molecule has 0 bridgehead atoms. The number of nitrogens with one attached hydrogen (secondary N) is 3. The number of hydrogen-bond donors (Lipinski definition) is 5. The first-order valence-electron chi connectivity index (χ1n) is 41.0. The Morgan fingerprint density at radius 2 is 0.923 bits per heavy atom. The maximum absolute atomic E-state index is 12.8. The fourth-order valence-electron chi connectivity index (χ4n) is 14.1. The first kappa shape index (κ1) is 104. The number of rotatable bonds is 19. The monoisotopic (exact) mass is 1820 g/mol. The molecule has 17 rings (SSSR count). The smallest absolute Gasteiger partial charge is 1.00 e. The molecule has 0 spiro atoms. The maximum atomic E-state index is 12.8. The second-order valence-electron chi connectivity index (χ2n) is 33.3. The first-order valence-corrected chi connectivity index (χ1v) is 41.0. The third-order valence-corrected chi connectivity index (χ3v) is 20.1. The number of pyridine rings is 3. The number of carbonyl (C=O) groups excluding carboxylic acids is 3. The van der Waals surface area contributed by atoms with E-state index in [4.69, 9.17) is 49.1 Å². The minimum absolute atomic E-state index is 0. The van der Waals surface area contributed by atoms with Crippen LogP contribution in [0.5, 0.6) is 17.2 Å². The Bertz CT molecular complexity index is 6340. The molecule has 7 heterocycles. The van der Waals surface area contributed by atoms with Crippen molar-refractivity contribution < 1.29 is 64.9 Å². The third-order valence-electron chi connectivity index (χ3n) is 20.1. The Balaban J connectivity index is 0.000000246. The molecule has 130 heavy (non-hydrogen) atoms. The van der Waals surface area contributed by atoms with Gasteiger partial charge >= 0.3 is 41.3 Å². The number of benzene rings is 10. The molecule has 10 aromatic carbocycles. The summed E-state index contributed by atoms with van der Waals surface area (Å²) in [6, 6.07) is 85.6. The van der Waals surface area contributed by atoms with Gasteiger partial charge in [0, 0.05) is 73.5 Å². The van der Waals surface area contributed by atoms with E-state index in [1.165, 1.54) is 31.8 Å². The number of nitrogens with two attached hydrogens (primary N) is 1. The van der Waals surface area contributed by atoms with Gasteiger partial charge < -0.3 is 61.6 Å². The van der Waals surface area contributed by atoms with E-state index in [0.29, 0.717) is 48.2 Å². The largest absolute Gasteiger partial charge is 2.00 e. The van der Waals surface area contributed by atoms with Crippen LogP contribution in [0, 0.1) is 26.8 Å². The van der Waals surface area contributed by atoms with Crippen LogP contribution in [0.3, 0.4) is 0 Å². The van der Waals surface area contributed by atoms with Crippen LogP contribution >= 0.6 is 0 Å². The van der Waals surface area contributed by atoms with Crippen molar-refractivity contribution in [1.82, 2.24) is 55.3 Å². The number of aliphatic hydroxyl groups excluding tert-OH is 1. The standard InChI is InChI=1S/C32H36N4O5.C32H28N4O.C27H30N4O4.C10H7.5CH4.BrH.Mg/c1-20-25-15-22(13-14-27(25)36(34-20)30(38)41-32(5,6)7)26-16-24(17-33-28(26)21-11-9-8-10-12-21)39-19-23-18-35(23)29(37)40-31(2,3)4;1-21-29-17-26(13-14-31(29)36-35-21)30-18-28(19-34-32(30)24-8-3-2-4-9-24)37-20-27(33)16-22-11-12-23-7-5-6-10-25(23)15-22;1-17-22-12-19(10-11-24(22)31-30-17)23-13-21(14-28-25(23)18-8-6-5-7-9-18)34-16-20(15-32)29-26(33)35-27(2,3)4;1-2-6-10-8-4-3-7-9(10)5-1;;;;;;;/h8-17,23H,18-19H2,1-7H3;2-15,17-19,27H,16,20,33H2,1H3,(H,35,36);5-14,20,32H,15-16H2,1-4H3,(H,29,33)(H,30,31);1-3,5-8H;5*1H4;1H;/q;;;-1;;;;;;;+2/p-1/t23-,35?;27-;20-;;;;;;;;/m000......../s1. The molecule has 1 aliphatic rings. The fraction of sp³-hybridized carbons (Fsp3) is 0.274. The quantitative estimate of drug-likeness (QED) is 0.0218. The van der Waals surface area contributed by atoms with Crippen molar-refractivity contribution in [2.75, 3.05) is 33.0 Å². The second-order valence-corrected chi connectivity index (χ2v) is 33.3. The van der Waals surface area contributed by atoms with Crippen LogP contribution in [0.4, 0.5) is 14.4 Å². The van der Waals surface area contributed by atoms with Crippen LogP contribution in [0.15, 0.2) is 267 Å².